The third-order valence-electron chi connectivity index (χ3n) is 3.28. The van der Waals surface area contributed by atoms with Crippen LogP contribution in [0.5, 0.6) is 0 Å². The lowest BCUT2D eigenvalue weighted by Gasteiger charge is -2.20. The molecule has 1 saturated heterocycles. The molecular formula is C12H18N2O5. The Morgan fingerprint density at radius 1 is 1.53 bits per heavy atom. The van der Waals surface area contributed by atoms with E-state index < -0.39 is 29.7 Å². The number of nitrogens with zero attached hydrogens (tertiary/aromatic N) is 1. The van der Waals surface area contributed by atoms with E-state index in [0.717, 1.165) is 6.42 Å². The van der Waals surface area contributed by atoms with Crippen molar-refractivity contribution in [3.05, 3.63) is 33.1 Å². The van der Waals surface area contributed by atoms with Gasteiger partial charge in [0.25, 0.3) is 5.56 Å². The number of aliphatic hydroxyl groups is 1. The number of aliphatic hydroxyl groups excluding tert-OH is 1. The molecule has 7 heteroatoms. The molecule has 0 aliphatic carbocycles. The van der Waals surface area contributed by atoms with Crippen LogP contribution in [0, 0.1) is 0 Å². The summed E-state index contributed by atoms with van der Waals surface area (Å²) in [4.78, 5) is 25.0. The molecule has 4 unspecified atom stereocenters. The highest BCUT2D eigenvalue weighted by Crippen LogP contribution is 2.32. The summed E-state index contributed by atoms with van der Waals surface area (Å²) < 4.78 is 12.1. The van der Waals surface area contributed by atoms with Crippen LogP contribution in [0.3, 0.4) is 0 Å². The molecule has 0 aromatic carbocycles. The van der Waals surface area contributed by atoms with Gasteiger partial charge in [0, 0.05) is 19.4 Å². The van der Waals surface area contributed by atoms with Crippen LogP contribution in [0.15, 0.2) is 21.9 Å². The third kappa shape index (κ3) is 2.63. The first-order valence-electron chi connectivity index (χ1n) is 6.26. The molecule has 2 heterocycles. The van der Waals surface area contributed by atoms with Gasteiger partial charge in [0.1, 0.15) is 12.2 Å². The van der Waals surface area contributed by atoms with Gasteiger partial charge in [-0.05, 0) is 6.42 Å². The molecule has 1 aliphatic rings. The SMILES string of the molecule is CCCC1OC(n2ccc(=O)[nH]c2=O)C(OC)C1O. The number of nitrogens with one attached hydrogen (secondary N) is 1. The maximum absolute atomic E-state index is 11.7. The van der Waals surface area contributed by atoms with Crippen LogP contribution in [-0.4, -0.2) is 40.1 Å². The predicted molar refractivity (Wildman–Crippen MR) is 66.9 cm³/mol. The van der Waals surface area contributed by atoms with Crippen molar-refractivity contribution in [2.24, 2.45) is 0 Å². The minimum Gasteiger partial charge on any atom is -0.388 e. The predicted octanol–water partition coefficient (Wildman–Crippen LogP) is -0.390. The van der Waals surface area contributed by atoms with Crippen molar-refractivity contribution >= 4 is 0 Å². The molecule has 0 spiro atoms. The minimum absolute atomic E-state index is 0.376. The van der Waals surface area contributed by atoms with Crippen molar-refractivity contribution in [2.75, 3.05) is 7.11 Å². The number of aromatic amines is 1. The van der Waals surface area contributed by atoms with E-state index in [4.69, 9.17) is 9.47 Å². The molecule has 1 aliphatic heterocycles. The van der Waals surface area contributed by atoms with E-state index in [2.05, 4.69) is 4.98 Å². The highest BCUT2D eigenvalue weighted by molar-refractivity contribution is 4.93. The molecule has 1 aromatic rings. The van der Waals surface area contributed by atoms with Gasteiger partial charge in [-0.3, -0.25) is 14.3 Å². The van der Waals surface area contributed by atoms with Gasteiger partial charge in [-0.2, -0.15) is 0 Å². The molecule has 1 fully saturated rings. The second-order valence-corrected chi connectivity index (χ2v) is 4.56. The third-order valence-corrected chi connectivity index (χ3v) is 3.28. The molecule has 2 rings (SSSR count). The average molecular weight is 270 g/mol. The lowest BCUT2D eigenvalue weighted by atomic mass is 10.1. The molecule has 0 radical (unpaired) electrons. The zero-order chi connectivity index (χ0) is 14.0. The van der Waals surface area contributed by atoms with Crippen LogP contribution in [0.25, 0.3) is 0 Å². The van der Waals surface area contributed by atoms with Gasteiger partial charge < -0.3 is 14.6 Å². The van der Waals surface area contributed by atoms with Crippen molar-refractivity contribution in [3.8, 4) is 0 Å². The molecule has 19 heavy (non-hydrogen) atoms. The number of hydrogen-bond donors (Lipinski definition) is 2. The number of methoxy groups -OCH3 is 1. The quantitative estimate of drug-likeness (QED) is 0.777. The highest BCUT2D eigenvalue weighted by Gasteiger charge is 2.44. The van der Waals surface area contributed by atoms with E-state index in [-0.39, 0.29) is 6.10 Å². The van der Waals surface area contributed by atoms with E-state index in [9.17, 15) is 14.7 Å². The van der Waals surface area contributed by atoms with E-state index in [1.54, 1.807) is 0 Å². The Bertz CT molecular complexity index is 537. The molecule has 106 valence electrons. The summed E-state index contributed by atoms with van der Waals surface area (Å²) in [5, 5.41) is 10.1. The van der Waals surface area contributed by atoms with Gasteiger partial charge in [-0.15, -0.1) is 0 Å². The van der Waals surface area contributed by atoms with Crippen molar-refractivity contribution in [1.29, 1.82) is 0 Å². The van der Waals surface area contributed by atoms with Gasteiger partial charge in [0.2, 0.25) is 0 Å². The Hall–Kier alpha value is -1.44. The van der Waals surface area contributed by atoms with Crippen LogP contribution in [-0.2, 0) is 9.47 Å². The second kappa shape index (κ2) is 5.68. The summed E-state index contributed by atoms with van der Waals surface area (Å²) in [7, 11) is 1.45. The molecule has 0 bridgehead atoms. The summed E-state index contributed by atoms with van der Waals surface area (Å²) in [6, 6.07) is 1.23. The highest BCUT2D eigenvalue weighted by atomic mass is 16.6. The fraction of sp³-hybridized carbons (Fsp3) is 0.667. The first kappa shape index (κ1) is 14.0. The fourth-order valence-electron chi connectivity index (χ4n) is 2.35. The normalized spacial score (nSPS) is 30.7. The zero-order valence-electron chi connectivity index (χ0n) is 10.9. The molecule has 7 nitrogen and oxygen atoms in total. The van der Waals surface area contributed by atoms with E-state index in [1.807, 2.05) is 6.92 Å². The number of aromatic nitrogens is 2. The van der Waals surface area contributed by atoms with Crippen molar-refractivity contribution < 1.29 is 14.6 Å². The van der Waals surface area contributed by atoms with E-state index in [0.29, 0.717) is 6.42 Å². The Morgan fingerprint density at radius 2 is 2.26 bits per heavy atom. The van der Waals surface area contributed by atoms with E-state index >= 15 is 0 Å². The maximum Gasteiger partial charge on any atom is 0.330 e. The topological polar surface area (TPSA) is 93.6 Å². The number of hydrogen-bond acceptors (Lipinski definition) is 5. The Kier molecular flexibility index (Phi) is 4.18. The lowest BCUT2D eigenvalue weighted by molar-refractivity contribution is -0.0549. The van der Waals surface area contributed by atoms with Crippen molar-refractivity contribution in [1.82, 2.24) is 9.55 Å². The monoisotopic (exact) mass is 270 g/mol. The number of rotatable bonds is 4. The van der Waals surface area contributed by atoms with Gasteiger partial charge in [-0.1, -0.05) is 13.3 Å². The zero-order valence-corrected chi connectivity index (χ0v) is 10.9. The molecule has 1 aromatic heterocycles. The average Bonchev–Trinajstić information content (AvgIpc) is 2.67. The number of ether oxygens (including phenoxy) is 2. The molecular weight excluding hydrogens is 252 g/mol. The molecule has 0 amide bonds. The van der Waals surface area contributed by atoms with Crippen LogP contribution >= 0.6 is 0 Å². The molecule has 2 N–H and O–H groups in total. The first-order valence-corrected chi connectivity index (χ1v) is 6.26. The van der Waals surface area contributed by atoms with Gasteiger partial charge in [0.15, 0.2) is 6.23 Å². The van der Waals surface area contributed by atoms with Gasteiger partial charge >= 0.3 is 5.69 Å². The Balaban J connectivity index is 2.32. The van der Waals surface area contributed by atoms with Crippen LogP contribution in [0.2, 0.25) is 0 Å². The summed E-state index contributed by atoms with van der Waals surface area (Å²) in [5.41, 5.74) is -1.05. The fourth-order valence-corrected chi connectivity index (χ4v) is 2.35. The van der Waals surface area contributed by atoms with Crippen LogP contribution in [0.1, 0.15) is 26.0 Å². The maximum atomic E-state index is 11.7. The first-order chi connectivity index (χ1) is 9.08. The van der Waals surface area contributed by atoms with Crippen LogP contribution in [0.4, 0.5) is 0 Å². The van der Waals surface area contributed by atoms with Crippen LogP contribution < -0.4 is 11.2 Å². The minimum atomic E-state index is -0.797. The largest absolute Gasteiger partial charge is 0.388 e. The van der Waals surface area contributed by atoms with Crippen molar-refractivity contribution in [2.45, 2.75) is 44.3 Å². The molecule has 4 atom stereocenters. The van der Waals surface area contributed by atoms with Crippen molar-refractivity contribution in [3.63, 3.8) is 0 Å². The second-order valence-electron chi connectivity index (χ2n) is 4.56. The Morgan fingerprint density at radius 3 is 2.84 bits per heavy atom. The summed E-state index contributed by atoms with van der Waals surface area (Å²) in [6.07, 6.45) is 0.327. The standard InChI is InChI=1S/C12H18N2O5/c1-3-4-7-9(16)10(18-2)11(19-7)14-6-5-8(15)13-12(14)17/h5-7,9-11,16H,3-4H2,1-2H3,(H,13,15,17). The smallest absolute Gasteiger partial charge is 0.330 e. The summed E-state index contributed by atoms with van der Waals surface area (Å²) in [6.45, 7) is 1.98. The Labute approximate surface area is 109 Å². The van der Waals surface area contributed by atoms with Gasteiger partial charge in [-0.25, -0.2) is 4.79 Å². The number of H-pyrrole nitrogens is 1. The lowest BCUT2D eigenvalue weighted by Crippen LogP contribution is -2.38. The van der Waals surface area contributed by atoms with E-state index in [1.165, 1.54) is 23.9 Å². The summed E-state index contributed by atoms with van der Waals surface area (Å²) >= 11 is 0. The molecule has 0 saturated carbocycles. The van der Waals surface area contributed by atoms with Gasteiger partial charge in [0.05, 0.1) is 6.10 Å². The summed E-state index contributed by atoms with van der Waals surface area (Å²) in [5.74, 6) is 0.